The van der Waals surface area contributed by atoms with Crippen molar-refractivity contribution in [2.45, 2.75) is 26.2 Å². The molecule has 0 fully saturated rings. The fraction of sp³-hybridized carbons (Fsp3) is 0.360. The number of anilines is 1. The summed E-state index contributed by atoms with van der Waals surface area (Å²) in [7, 11) is 4.32. The average molecular weight is 468 g/mol. The zero-order chi connectivity index (χ0) is 24.7. The number of methoxy groups -OCH3 is 3. The van der Waals surface area contributed by atoms with Crippen LogP contribution in [-0.2, 0) is 25.5 Å². The highest BCUT2D eigenvalue weighted by Gasteiger charge is 2.29. The van der Waals surface area contributed by atoms with Crippen LogP contribution in [0.3, 0.4) is 0 Å². The summed E-state index contributed by atoms with van der Waals surface area (Å²) in [4.78, 5) is 35.6. The lowest BCUT2D eigenvalue weighted by molar-refractivity contribution is -0.150. The van der Waals surface area contributed by atoms with Gasteiger partial charge in [0.05, 0.1) is 27.0 Å². The number of esters is 1. The monoisotopic (exact) mass is 467 g/mol. The lowest BCUT2D eigenvalue weighted by Crippen LogP contribution is -2.38. The predicted molar refractivity (Wildman–Crippen MR) is 127 cm³/mol. The van der Waals surface area contributed by atoms with E-state index in [9.17, 15) is 14.4 Å². The lowest BCUT2D eigenvalue weighted by Gasteiger charge is -2.29. The van der Waals surface area contributed by atoms with Crippen molar-refractivity contribution < 1.29 is 28.6 Å². The summed E-state index contributed by atoms with van der Waals surface area (Å²) >= 11 is 0. The number of hydrogen-bond donors (Lipinski definition) is 1. The van der Waals surface area contributed by atoms with E-state index in [0.717, 1.165) is 30.4 Å². The van der Waals surface area contributed by atoms with Crippen LogP contribution in [-0.4, -0.2) is 56.4 Å². The van der Waals surface area contributed by atoms with E-state index in [1.54, 1.807) is 26.4 Å². The Morgan fingerprint density at radius 3 is 2.38 bits per heavy atom. The molecule has 1 aliphatic rings. The molecule has 3 rings (SSSR count). The summed E-state index contributed by atoms with van der Waals surface area (Å²) in [6.07, 6.45) is 1.77. The minimum absolute atomic E-state index is 0.0157. The first-order valence-electron chi connectivity index (χ1n) is 11.0. The van der Waals surface area contributed by atoms with Gasteiger partial charge < -0.3 is 19.5 Å². The number of ether oxygens (including phenoxy) is 3. The highest BCUT2D eigenvalue weighted by atomic mass is 16.5. The molecule has 0 saturated carbocycles. The summed E-state index contributed by atoms with van der Waals surface area (Å²) in [5, 5.41) is 8.70. The zero-order valence-corrected chi connectivity index (χ0v) is 19.8. The van der Waals surface area contributed by atoms with E-state index < -0.39 is 11.9 Å². The molecule has 34 heavy (non-hydrogen) atoms. The number of nitrogens with one attached hydrogen (secondary N) is 1. The topological polar surface area (TPSA) is 107 Å². The number of hydrazone groups is 1. The highest BCUT2D eigenvalue weighted by Crippen LogP contribution is 2.31. The van der Waals surface area contributed by atoms with E-state index in [4.69, 9.17) is 14.6 Å². The smallest absolute Gasteiger partial charge is 0.396 e. The van der Waals surface area contributed by atoms with Crippen LogP contribution in [0.4, 0.5) is 5.69 Å². The van der Waals surface area contributed by atoms with Crippen LogP contribution in [0.2, 0.25) is 0 Å². The van der Waals surface area contributed by atoms with Gasteiger partial charge in [0.15, 0.2) is 11.5 Å². The molecule has 0 radical (unpaired) electrons. The summed E-state index contributed by atoms with van der Waals surface area (Å²) in [6, 6.07) is 12.7. The van der Waals surface area contributed by atoms with Crippen molar-refractivity contribution in [2.24, 2.45) is 11.0 Å². The zero-order valence-electron chi connectivity index (χ0n) is 19.8. The number of benzene rings is 2. The van der Waals surface area contributed by atoms with Crippen LogP contribution in [0, 0.1) is 5.92 Å². The second-order valence-electron chi connectivity index (χ2n) is 7.77. The van der Waals surface area contributed by atoms with Gasteiger partial charge in [-0.15, -0.1) is 0 Å². The molecule has 180 valence electrons. The van der Waals surface area contributed by atoms with Gasteiger partial charge in [0.25, 0.3) is 0 Å². The van der Waals surface area contributed by atoms with Gasteiger partial charge in [0.2, 0.25) is 5.91 Å². The predicted octanol–water partition coefficient (Wildman–Crippen LogP) is 3.02. The fourth-order valence-corrected chi connectivity index (χ4v) is 3.75. The Morgan fingerprint density at radius 2 is 1.76 bits per heavy atom. The fourth-order valence-electron chi connectivity index (χ4n) is 3.75. The minimum Gasteiger partial charge on any atom is -0.493 e. The number of nitrogens with zero attached hydrogens (tertiary/aromatic N) is 2. The summed E-state index contributed by atoms with van der Waals surface area (Å²) in [5.74, 6) is -0.536. The van der Waals surface area contributed by atoms with Crippen molar-refractivity contribution in [3.63, 3.8) is 0 Å². The van der Waals surface area contributed by atoms with Crippen LogP contribution in [0.25, 0.3) is 0 Å². The van der Waals surface area contributed by atoms with Crippen molar-refractivity contribution in [1.82, 2.24) is 5.01 Å². The molecule has 2 aromatic rings. The van der Waals surface area contributed by atoms with E-state index in [1.807, 2.05) is 37.3 Å². The number of hydrogen-bond acceptors (Lipinski definition) is 7. The van der Waals surface area contributed by atoms with E-state index in [2.05, 4.69) is 10.1 Å². The van der Waals surface area contributed by atoms with Crippen molar-refractivity contribution in [2.75, 3.05) is 33.2 Å². The van der Waals surface area contributed by atoms with Gasteiger partial charge in [0, 0.05) is 30.1 Å². The summed E-state index contributed by atoms with van der Waals surface area (Å²) < 4.78 is 15.1. The van der Waals surface area contributed by atoms with E-state index in [0.29, 0.717) is 36.6 Å². The molecule has 2 aromatic carbocycles. The quantitative estimate of drug-likeness (QED) is 0.473. The molecule has 1 heterocycles. The summed E-state index contributed by atoms with van der Waals surface area (Å²) in [6.45, 7) is 2.46. The van der Waals surface area contributed by atoms with Gasteiger partial charge >= 0.3 is 11.9 Å². The molecule has 1 unspecified atom stereocenters. The molecule has 2 amide bonds. The minimum atomic E-state index is -0.957. The SMILES string of the molecule is CCC1CC(=O)N(CCc2ccc(NC(=O)C(=O)OC)cc2)N=C1c1ccc(OC)c(OC)c1. The maximum atomic E-state index is 12.7. The third kappa shape index (κ3) is 5.72. The van der Waals surface area contributed by atoms with Crippen molar-refractivity contribution in [3.8, 4) is 11.5 Å². The Balaban J connectivity index is 1.73. The van der Waals surface area contributed by atoms with Crippen molar-refractivity contribution in [1.29, 1.82) is 0 Å². The number of rotatable bonds is 8. The molecule has 0 bridgehead atoms. The normalized spacial score (nSPS) is 15.4. The number of carbonyl (C=O) groups excluding carboxylic acids is 3. The average Bonchev–Trinajstić information content (AvgIpc) is 2.87. The maximum absolute atomic E-state index is 12.7. The molecule has 9 nitrogen and oxygen atoms in total. The van der Waals surface area contributed by atoms with Crippen LogP contribution in [0.1, 0.15) is 30.9 Å². The van der Waals surface area contributed by atoms with Gasteiger partial charge in [-0.2, -0.15) is 5.10 Å². The van der Waals surface area contributed by atoms with Gasteiger partial charge in [-0.05, 0) is 48.7 Å². The molecule has 1 aliphatic heterocycles. The Labute approximate surface area is 198 Å². The van der Waals surface area contributed by atoms with Crippen molar-refractivity contribution >= 4 is 29.2 Å². The van der Waals surface area contributed by atoms with E-state index >= 15 is 0 Å². The van der Waals surface area contributed by atoms with E-state index in [1.165, 1.54) is 5.01 Å². The van der Waals surface area contributed by atoms with Crippen molar-refractivity contribution in [3.05, 3.63) is 53.6 Å². The Kier molecular flexibility index (Phi) is 8.24. The van der Waals surface area contributed by atoms with Gasteiger partial charge in [-0.3, -0.25) is 9.59 Å². The molecule has 0 saturated heterocycles. The number of carbonyl (C=O) groups is 3. The first kappa shape index (κ1) is 24.8. The van der Waals surface area contributed by atoms with Gasteiger partial charge in [0.1, 0.15) is 0 Å². The molecule has 9 heteroatoms. The van der Waals surface area contributed by atoms with E-state index in [-0.39, 0.29) is 11.8 Å². The second-order valence-corrected chi connectivity index (χ2v) is 7.77. The molecule has 1 atom stereocenters. The number of amides is 2. The lowest BCUT2D eigenvalue weighted by atomic mass is 9.89. The van der Waals surface area contributed by atoms with Crippen LogP contribution < -0.4 is 14.8 Å². The molecule has 0 aliphatic carbocycles. The Hall–Kier alpha value is -3.88. The standard InChI is InChI=1S/C25H29N3O6/c1-5-17-15-22(29)28(27-23(17)18-8-11-20(32-2)21(14-18)33-3)13-12-16-6-9-19(10-7-16)26-24(30)25(31)34-4/h6-11,14,17H,5,12-13,15H2,1-4H3,(H,26,30). The largest absolute Gasteiger partial charge is 0.493 e. The third-order valence-electron chi connectivity index (χ3n) is 5.69. The van der Waals surface area contributed by atoms with Crippen LogP contribution >= 0.6 is 0 Å². The molecule has 1 N–H and O–H groups in total. The first-order valence-corrected chi connectivity index (χ1v) is 11.0. The molecular weight excluding hydrogens is 438 g/mol. The maximum Gasteiger partial charge on any atom is 0.396 e. The molecule has 0 spiro atoms. The second kappa shape index (κ2) is 11.3. The summed E-state index contributed by atoms with van der Waals surface area (Å²) in [5.41, 5.74) is 3.19. The molecular formula is C25H29N3O6. The Morgan fingerprint density at radius 1 is 1.06 bits per heavy atom. The molecule has 0 aromatic heterocycles. The highest BCUT2D eigenvalue weighted by molar-refractivity contribution is 6.37. The van der Waals surface area contributed by atoms with Crippen LogP contribution in [0.5, 0.6) is 11.5 Å². The van der Waals surface area contributed by atoms with Crippen LogP contribution in [0.15, 0.2) is 47.6 Å². The Bertz CT molecular complexity index is 1080. The first-order chi connectivity index (χ1) is 16.4. The third-order valence-corrected chi connectivity index (χ3v) is 5.69. The van der Waals surface area contributed by atoms with Gasteiger partial charge in [-0.25, -0.2) is 9.80 Å². The van der Waals surface area contributed by atoms with Gasteiger partial charge in [-0.1, -0.05) is 19.1 Å².